The van der Waals surface area contributed by atoms with E-state index in [1.165, 1.54) is 0 Å². The Hall–Kier alpha value is -1.55. The van der Waals surface area contributed by atoms with E-state index in [2.05, 4.69) is 0 Å². The quantitative estimate of drug-likeness (QED) is 0.875. The highest BCUT2D eigenvalue weighted by molar-refractivity contribution is 5.81. The molecule has 1 aliphatic carbocycles. The molecule has 2 aliphatic rings. The van der Waals surface area contributed by atoms with Crippen molar-refractivity contribution < 1.29 is 9.90 Å². The molecule has 1 amide bonds. The van der Waals surface area contributed by atoms with Crippen LogP contribution < -0.4 is 5.01 Å². The Morgan fingerprint density at radius 3 is 2.44 bits per heavy atom. The predicted molar refractivity (Wildman–Crippen MR) is 69.1 cm³/mol. The fourth-order valence-electron chi connectivity index (χ4n) is 2.44. The molecule has 1 heterocycles. The molecule has 0 spiro atoms. The normalized spacial score (nSPS) is 21.6. The lowest BCUT2D eigenvalue weighted by atomic mass is 10.1. The van der Waals surface area contributed by atoms with E-state index in [1.54, 1.807) is 12.1 Å². The minimum absolute atomic E-state index is 0.159. The SMILES string of the molecule is CN1C(=O)CCN1c1ccc(CC2(O)CC2)cc1. The van der Waals surface area contributed by atoms with Crippen LogP contribution in [0.4, 0.5) is 5.69 Å². The average molecular weight is 246 g/mol. The molecule has 4 nitrogen and oxygen atoms in total. The van der Waals surface area contributed by atoms with Crippen LogP contribution in [0, 0.1) is 0 Å². The third kappa shape index (κ3) is 2.08. The van der Waals surface area contributed by atoms with E-state index in [-0.39, 0.29) is 5.91 Å². The van der Waals surface area contributed by atoms with Gasteiger partial charge in [0.2, 0.25) is 5.91 Å². The zero-order valence-electron chi connectivity index (χ0n) is 10.6. The molecule has 1 aliphatic heterocycles. The molecule has 0 atom stereocenters. The summed E-state index contributed by atoms with van der Waals surface area (Å²) in [5.74, 6) is 0.159. The molecule has 4 heteroatoms. The highest BCUT2D eigenvalue weighted by Gasteiger charge is 2.40. The van der Waals surface area contributed by atoms with Crippen molar-refractivity contribution in [2.45, 2.75) is 31.3 Å². The van der Waals surface area contributed by atoms with Crippen LogP contribution >= 0.6 is 0 Å². The Bertz CT molecular complexity index is 465. The Kier molecular flexibility index (Phi) is 2.55. The summed E-state index contributed by atoms with van der Waals surface area (Å²) in [5.41, 5.74) is 1.75. The van der Waals surface area contributed by atoms with E-state index in [9.17, 15) is 9.90 Å². The van der Waals surface area contributed by atoms with Crippen molar-refractivity contribution in [3.8, 4) is 0 Å². The fourth-order valence-corrected chi connectivity index (χ4v) is 2.44. The second-order valence-electron chi connectivity index (χ2n) is 5.36. The first kappa shape index (κ1) is 11.5. The fraction of sp³-hybridized carbons (Fsp3) is 0.500. The molecule has 3 rings (SSSR count). The van der Waals surface area contributed by atoms with E-state index in [0.29, 0.717) is 6.42 Å². The zero-order chi connectivity index (χ0) is 12.8. The van der Waals surface area contributed by atoms with Crippen LogP contribution in [0.15, 0.2) is 24.3 Å². The van der Waals surface area contributed by atoms with Gasteiger partial charge in [-0.15, -0.1) is 0 Å². The third-order valence-electron chi connectivity index (χ3n) is 3.86. The van der Waals surface area contributed by atoms with Crippen LogP contribution in [0.25, 0.3) is 0 Å². The molecule has 0 radical (unpaired) electrons. The topological polar surface area (TPSA) is 43.8 Å². The van der Waals surface area contributed by atoms with Gasteiger partial charge >= 0.3 is 0 Å². The molecule has 96 valence electrons. The van der Waals surface area contributed by atoms with Gasteiger partial charge in [-0.2, -0.15) is 0 Å². The number of hydrogen-bond donors (Lipinski definition) is 1. The smallest absolute Gasteiger partial charge is 0.242 e. The molecule has 18 heavy (non-hydrogen) atoms. The Morgan fingerprint density at radius 2 is 1.94 bits per heavy atom. The van der Waals surface area contributed by atoms with E-state index in [1.807, 2.05) is 29.3 Å². The second kappa shape index (κ2) is 3.99. The number of carbonyl (C=O) groups is 1. The minimum atomic E-state index is -0.443. The van der Waals surface area contributed by atoms with Crippen molar-refractivity contribution in [2.24, 2.45) is 0 Å². The molecular formula is C14H18N2O2. The average Bonchev–Trinajstić information content (AvgIpc) is 2.99. The molecule has 1 saturated heterocycles. The van der Waals surface area contributed by atoms with Gasteiger partial charge < -0.3 is 5.11 Å². The van der Waals surface area contributed by atoms with Crippen molar-refractivity contribution in [3.05, 3.63) is 29.8 Å². The molecule has 0 unspecified atom stereocenters. The summed E-state index contributed by atoms with van der Waals surface area (Å²) < 4.78 is 0. The van der Waals surface area contributed by atoms with Crippen molar-refractivity contribution in [1.29, 1.82) is 0 Å². The van der Waals surface area contributed by atoms with Crippen LogP contribution in [-0.2, 0) is 11.2 Å². The van der Waals surface area contributed by atoms with E-state index in [0.717, 1.165) is 37.1 Å². The van der Waals surface area contributed by atoms with Gasteiger partial charge in [0.25, 0.3) is 0 Å². The van der Waals surface area contributed by atoms with Crippen LogP contribution in [0.1, 0.15) is 24.8 Å². The van der Waals surface area contributed by atoms with Crippen LogP contribution in [0.2, 0.25) is 0 Å². The first-order valence-electron chi connectivity index (χ1n) is 6.43. The van der Waals surface area contributed by atoms with Crippen molar-refractivity contribution in [1.82, 2.24) is 5.01 Å². The van der Waals surface area contributed by atoms with Crippen LogP contribution in [0.3, 0.4) is 0 Å². The highest BCUT2D eigenvalue weighted by Crippen LogP contribution is 2.38. The molecule has 1 aromatic carbocycles. The van der Waals surface area contributed by atoms with Gasteiger partial charge in [0, 0.05) is 26.4 Å². The lowest BCUT2D eigenvalue weighted by molar-refractivity contribution is -0.126. The van der Waals surface area contributed by atoms with Crippen molar-refractivity contribution >= 4 is 11.6 Å². The summed E-state index contributed by atoms with van der Waals surface area (Å²) in [6.45, 7) is 0.749. The summed E-state index contributed by atoms with van der Waals surface area (Å²) in [4.78, 5) is 11.5. The number of carbonyl (C=O) groups excluding carboxylic acids is 1. The van der Waals surface area contributed by atoms with E-state index >= 15 is 0 Å². The van der Waals surface area contributed by atoms with Gasteiger partial charge in [-0.1, -0.05) is 12.1 Å². The standard InChI is InChI=1S/C14H18N2O2/c1-15-13(17)6-9-16(15)12-4-2-11(3-5-12)10-14(18)7-8-14/h2-5,18H,6-10H2,1H3. The molecule has 2 fully saturated rings. The van der Waals surface area contributed by atoms with Crippen molar-refractivity contribution in [3.63, 3.8) is 0 Å². The number of amides is 1. The Labute approximate surface area is 107 Å². The largest absolute Gasteiger partial charge is 0.390 e. The molecule has 0 aromatic heterocycles. The van der Waals surface area contributed by atoms with Crippen LogP contribution in [-0.4, -0.2) is 35.2 Å². The Balaban J connectivity index is 1.72. The number of nitrogens with zero attached hydrogens (tertiary/aromatic N) is 2. The van der Waals surface area contributed by atoms with E-state index < -0.39 is 5.60 Å². The van der Waals surface area contributed by atoms with Crippen molar-refractivity contribution in [2.75, 3.05) is 18.6 Å². The number of hydrazine groups is 1. The maximum atomic E-state index is 11.5. The third-order valence-corrected chi connectivity index (χ3v) is 3.86. The number of rotatable bonds is 3. The van der Waals surface area contributed by atoms with Gasteiger partial charge in [0.1, 0.15) is 0 Å². The second-order valence-corrected chi connectivity index (χ2v) is 5.36. The zero-order valence-corrected chi connectivity index (χ0v) is 10.6. The summed E-state index contributed by atoms with van der Waals surface area (Å²) in [5, 5.41) is 13.5. The molecule has 1 aromatic rings. The maximum absolute atomic E-state index is 11.5. The Morgan fingerprint density at radius 1 is 1.28 bits per heavy atom. The number of benzene rings is 1. The number of anilines is 1. The monoisotopic (exact) mass is 246 g/mol. The lowest BCUT2D eigenvalue weighted by Crippen LogP contribution is -2.35. The highest BCUT2D eigenvalue weighted by atomic mass is 16.3. The minimum Gasteiger partial charge on any atom is -0.390 e. The van der Waals surface area contributed by atoms with Gasteiger partial charge in [-0.3, -0.25) is 14.8 Å². The molecule has 0 bridgehead atoms. The molecular weight excluding hydrogens is 228 g/mol. The number of aliphatic hydroxyl groups is 1. The van der Waals surface area contributed by atoms with Gasteiger partial charge in [-0.05, 0) is 30.5 Å². The summed E-state index contributed by atoms with van der Waals surface area (Å²) in [6, 6.07) is 8.14. The van der Waals surface area contributed by atoms with Gasteiger partial charge in [0.15, 0.2) is 0 Å². The summed E-state index contributed by atoms with van der Waals surface area (Å²) >= 11 is 0. The maximum Gasteiger partial charge on any atom is 0.242 e. The van der Waals surface area contributed by atoms with Gasteiger partial charge in [-0.25, -0.2) is 0 Å². The molecule has 1 N–H and O–H groups in total. The first-order chi connectivity index (χ1) is 8.57. The first-order valence-corrected chi connectivity index (χ1v) is 6.43. The number of hydrogen-bond acceptors (Lipinski definition) is 3. The predicted octanol–water partition coefficient (Wildman–Crippen LogP) is 1.34. The summed E-state index contributed by atoms with van der Waals surface area (Å²) in [6.07, 6.45) is 3.15. The molecule has 1 saturated carbocycles. The van der Waals surface area contributed by atoms with Gasteiger partial charge in [0.05, 0.1) is 11.3 Å². The van der Waals surface area contributed by atoms with E-state index in [4.69, 9.17) is 0 Å². The van der Waals surface area contributed by atoms with Crippen LogP contribution in [0.5, 0.6) is 0 Å². The lowest BCUT2D eigenvalue weighted by Gasteiger charge is -2.26. The summed E-state index contributed by atoms with van der Waals surface area (Å²) in [7, 11) is 1.80.